The summed E-state index contributed by atoms with van der Waals surface area (Å²) < 4.78 is 6.25. The fourth-order valence-electron chi connectivity index (χ4n) is 6.60. The zero-order chi connectivity index (χ0) is 30.6. The van der Waals surface area contributed by atoms with E-state index in [1.54, 1.807) is 0 Å². The number of nitrogens with zero attached hydrogens (tertiary/aromatic N) is 3. The summed E-state index contributed by atoms with van der Waals surface area (Å²) >= 11 is 0. The number of rotatable bonds is 4. The third-order valence-corrected chi connectivity index (χ3v) is 8.76. The van der Waals surface area contributed by atoms with Crippen molar-refractivity contribution < 1.29 is 4.42 Å². The monoisotopic (exact) mass is 589 g/mol. The fourth-order valence-corrected chi connectivity index (χ4v) is 6.60. The Labute approximate surface area is 265 Å². The molecule has 0 fully saturated rings. The van der Waals surface area contributed by atoms with Gasteiger partial charge in [-0.2, -0.15) is 0 Å². The molecule has 0 aliphatic heterocycles. The van der Waals surface area contributed by atoms with Crippen molar-refractivity contribution in [3.8, 4) is 45.3 Å². The molecule has 0 atom stereocenters. The second kappa shape index (κ2) is 10.5. The largest absolute Gasteiger partial charge is 0.456 e. The maximum Gasteiger partial charge on any atom is 0.164 e. The molecule has 0 N–H and O–H groups in total. The van der Waals surface area contributed by atoms with Gasteiger partial charge in [-0.1, -0.05) is 121 Å². The van der Waals surface area contributed by atoms with Gasteiger partial charge >= 0.3 is 0 Å². The summed E-state index contributed by atoms with van der Waals surface area (Å²) in [6.45, 7) is 2.09. The summed E-state index contributed by atoms with van der Waals surface area (Å²) in [5.74, 6) is 1.86. The highest BCUT2D eigenvalue weighted by Crippen LogP contribution is 2.40. The lowest BCUT2D eigenvalue weighted by Gasteiger charge is -2.15. The van der Waals surface area contributed by atoms with Gasteiger partial charge in [0.05, 0.1) is 0 Å². The lowest BCUT2D eigenvalue weighted by Crippen LogP contribution is -2.02. The van der Waals surface area contributed by atoms with Crippen molar-refractivity contribution in [2.45, 2.75) is 6.92 Å². The molecule has 0 saturated heterocycles. The minimum atomic E-state index is 0.608. The van der Waals surface area contributed by atoms with Crippen LogP contribution in [0, 0.1) is 6.92 Å². The topological polar surface area (TPSA) is 51.8 Å². The molecule has 2 aromatic heterocycles. The molecule has 0 aliphatic rings. The molecule has 0 aliphatic carbocycles. The zero-order valence-electron chi connectivity index (χ0n) is 25.1. The van der Waals surface area contributed by atoms with Gasteiger partial charge in [0.2, 0.25) is 0 Å². The Kier molecular flexibility index (Phi) is 6.00. The second-order valence-corrected chi connectivity index (χ2v) is 11.7. The number of aromatic nitrogens is 3. The molecular weight excluding hydrogens is 562 g/mol. The molecule has 0 saturated carbocycles. The first-order chi connectivity index (χ1) is 22.7. The van der Waals surface area contributed by atoms with Gasteiger partial charge in [0.25, 0.3) is 0 Å². The van der Waals surface area contributed by atoms with Crippen molar-refractivity contribution in [3.63, 3.8) is 0 Å². The van der Waals surface area contributed by atoms with Crippen LogP contribution in [0.5, 0.6) is 0 Å². The Balaban J connectivity index is 1.36. The number of furan rings is 1. The summed E-state index contributed by atoms with van der Waals surface area (Å²) in [4.78, 5) is 15.5. The van der Waals surface area contributed by atoms with Crippen molar-refractivity contribution in [2.24, 2.45) is 0 Å². The van der Waals surface area contributed by atoms with E-state index in [2.05, 4.69) is 122 Å². The molecule has 0 spiro atoms. The van der Waals surface area contributed by atoms with Gasteiger partial charge in [-0.15, -0.1) is 0 Å². The van der Waals surface area contributed by atoms with Gasteiger partial charge in [0.1, 0.15) is 11.2 Å². The fraction of sp³-hybridized carbons (Fsp3) is 0.0238. The van der Waals surface area contributed by atoms with Gasteiger partial charge in [-0.25, -0.2) is 15.0 Å². The Hall–Kier alpha value is -6.13. The summed E-state index contributed by atoms with van der Waals surface area (Å²) in [7, 11) is 0. The van der Waals surface area contributed by atoms with Crippen LogP contribution in [-0.4, -0.2) is 15.0 Å². The van der Waals surface area contributed by atoms with Gasteiger partial charge in [-0.05, 0) is 64.4 Å². The molecule has 2 heterocycles. The maximum absolute atomic E-state index is 6.25. The lowest BCUT2D eigenvalue weighted by molar-refractivity contribution is 0.669. The van der Waals surface area contributed by atoms with E-state index < -0.39 is 0 Å². The zero-order valence-corrected chi connectivity index (χ0v) is 25.1. The molecule has 0 radical (unpaired) electrons. The van der Waals surface area contributed by atoms with E-state index in [0.29, 0.717) is 17.5 Å². The summed E-state index contributed by atoms with van der Waals surface area (Å²) in [6.07, 6.45) is 0. The van der Waals surface area contributed by atoms with Crippen molar-refractivity contribution >= 4 is 43.5 Å². The molecular formula is C42H27N3O. The number of hydrogen-bond donors (Lipinski definition) is 0. The van der Waals surface area contributed by atoms with Gasteiger partial charge in [0.15, 0.2) is 17.5 Å². The Bertz CT molecular complexity index is 2620. The van der Waals surface area contributed by atoms with Crippen LogP contribution in [0.1, 0.15) is 5.56 Å². The van der Waals surface area contributed by atoms with Crippen LogP contribution in [-0.2, 0) is 0 Å². The van der Waals surface area contributed by atoms with Crippen LogP contribution in [0.25, 0.3) is 88.8 Å². The van der Waals surface area contributed by atoms with Crippen molar-refractivity contribution in [1.29, 1.82) is 0 Å². The number of fused-ring (bicyclic) bond motifs is 5. The first-order valence-electron chi connectivity index (χ1n) is 15.4. The summed E-state index contributed by atoms with van der Waals surface area (Å²) in [5.41, 5.74) is 7.82. The van der Waals surface area contributed by atoms with E-state index in [4.69, 9.17) is 19.4 Å². The van der Waals surface area contributed by atoms with E-state index in [9.17, 15) is 0 Å². The van der Waals surface area contributed by atoms with E-state index in [-0.39, 0.29) is 0 Å². The molecule has 0 bridgehead atoms. The van der Waals surface area contributed by atoms with Crippen LogP contribution in [0.4, 0.5) is 0 Å². The van der Waals surface area contributed by atoms with E-state index in [1.165, 1.54) is 10.8 Å². The average Bonchev–Trinajstić information content (AvgIpc) is 3.50. The number of hydrogen-bond acceptors (Lipinski definition) is 4. The Morgan fingerprint density at radius 2 is 1.11 bits per heavy atom. The van der Waals surface area contributed by atoms with Crippen LogP contribution < -0.4 is 0 Å². The van der Waals surface area contributed by atoms with Gasteiger partial charge in [-0.3, -0.25) is 0 Å². The number of benzene rings is 7. The average molecular weight is 590 g/mol. The third-order valence-electron chi connectivity index (χ3n) is 8.76. The van der Waals surface area contributed by atoms with Crippen LogP contribution in [0.2, 0.25) is 0 Å². The Morgan fingerprint density at radius 1 is 0.435 bits per heavy atom. The van der Waals surface area contributed by atoms with Crippen LogP contribution >= 0.6 is 0 Å². The normalized spacial score (nSPS) is 11.6. The number of para-hydroxylation sites is 1. The predicted octanol–water partition coefficient (Wildman–Crippen LogP) is 11.1. The minimum absolute atomic E-state index is 0.608. The van der Waals surface area contributed by atoms with Crippen molar-refractivity contribution in [3.05, 3.63) is 151 Å². The Morgan fingerprint density at radius 3 is 1.98 bits per heavy atom. The van der Waals surface area contributed by atoms with Gasteiger partial charge < -0.3 is 4.42 Å². The molecule has 0 unspecified atom stereocenters. The van der Waals surface area contributed by atoms with Crippen molar-refractivity contribution in [2.75, 3.05) is 0 Å². The minimum Gasteiger partial charge on any atom is -0.456 e. The summed E-state index contributed by atoms with van der Waals surface area (Å²) in [6, 6.07) is 50.5. The highest BCUT2D eigenvalue weighted by atomic mass is 16.3. The molecule has 4 heteroatoms. The van der Waals surface area contributed by atoms with E-state index in [0.717, 1.165) is 66.1 Å². The highest BCUT2D eigenvalue weighted by molar-refractivity contribution is 6.12. The highest BCUT2D eigenvalue weighted by Gasteiger charge is 2.20. The number of aryl methyl sites for hydroxylation is 1. The van der Waals surface area contributed by atoms with E-state index >= 15 is 0 Å². The lowest BCUT2D eigenvalue weighted by atomic mass is 9.91. The molecule has 46 heavy (non-hydrogen) atoms. The SMILES string of the molecule is Cc1cccc(-c2nc(-c3ccc4ccccc4c3-c3ccc4ccccc4c3)nc(-c3cccc4oc5ccccc5c34)n2)c1. The standard InChI is InChI=1S/C42H27N3O/c1-26-10-8-14-31(24-26)40-43-41(34-17-9-19-37-39(34)33-16-6-7-18-36(33)46-37)45-42(44-40)35-23-22-28-12-4-5-15-32(28)38(35)30-21-20-27-11-2-3-13-29(27)25-30/h2-25H,1H3. The van der Waals surface area contributed by atoms with Crippen LogP contribution in [0.3, 0.4) is 0 Å². The molecule has 9 aromatic rings. The smallest absolute Gasteiger partial charge is 0.164 e. The molecule has 4 nitrogen and oxygen atoms in total. The van der Waals surface area contributed by atoms with Crippen LogP contribution in [0.15, 0.2) is 150 Å². The summed E-state index contributed by atoms with van der Waals surface area (Å²) in [5, 5.41) is 6.75. The molecule has 9 rings (SSSR count). The van der Waals surface area contributed by atoms with E-state index in [1.807, 2.05) is 30.3 Å². The predicted molar refractivity (Wildman–Crippen MR) is 189 cm³/mol. The quantitative estimate of drug-likeness (QED) is 0.205. The molecule has 7 aromatic carbocycles. The van der Waals surface area contributed by atoms with Gasteiger partial charge in [0, 0.05) is 33.0 Å². The molecule has 0 amide bonds. The first-order valence-corrected chi connectivity index (χ1v) is 15.4. The van der Waals surface area contributed by atoms with Crippen molar-refractivity contribution in [1.82, 2.24) is 15.0 Å². The second-order valence-electron chi connectivity index (χ2n) is 11.7. The third kappa shape index (κ3) is 4.34. The first kappa shape index (κ1) is 26.3. The molecule has 216 valence electrons. The maximum atomic E-state index is 6.25.